The Kier molecular flexibility index (Phi) is 7.58. The molecule has 0 spiro atoms. The first-order valence-electron chi connectivity index (χ1n) is 10.9. The van der Waals surface area contributed by atoms with Gasteiger partial charge in [-0.3, -0.25) is 4.79 Å². The van der Waals surface area contributed by atoms with Gasteiger partial charge in [0.05, 0.1) is 0 Å². The van der Waals surface area contributed by atoms with Crippen LogP contribution in [0.2, 0.25) is 0 Å². The van der Waals surface area contributed by atoms with Crippen molar-refractivity contribution in [1.82, 2.24) is 9.97 Å². The lowest BCUT2D eigenvalue weighted by Crippen LogP contribution is -2.16. The summed E-state index contributed by atoms with van der Waals surface area (Å²) in [6, 6.07) is 7.53. The van der Waals surface area contributed by atoms with Crippen LogP contribution in [-0.2, 0) is 17.6 Å². The summed E-state index contributed by atoms with van der Waals surface area (Å²) in [5, 5.41) is 0. The van der Waals surface area contributed by atoms with Crippen molar-refractivity contribution in [3.63, 3.8) is 0 Å². The number of ether oxygens (including phenoxy) is 1. The molecule has 1 unspecified atom stereocenters. The first-order chi connectivity index (χ1) is 13.7. The molecular weight excluding hydrogens is 348 g/mol. The normalized spacial score (nSPS) is 15.9. The number of hydrogen-bond donors (Lipinski definition) is 0. The minimum atomic E-state index is -0.163. The number of aromatic nitrogens is 2. The van der Waals surface area contributed by atoms with Crippen LogP contribution in [-0.4, -0.2) is 15.9 Å². The molecule has 1 aromatic heterocycles. The summed E-state index contributed by atoms with van der Waals surface area (Å²) < 4.78 is 5.41. The molecule has 1 aliphatic rings. The van der Waals surface area contributed by atoms with Crippen LogP contribution in [0, 0.1) is 5.92 Å². The second-order valence-corrected chi connectivity index (χ2v) is 7.87. The molecule has 1 aromatic carbocycles. The van der Waals surface area contributed by atoms with Gasteiger partial charge in [-0.05, 0) is 61.4 Å². The van der Waals surface area contributed by atoms with Crippen LogP contribution in [0.4, 0.5) is 0 Å². The van der Waals surface area contributed by atoms with E-state index in [9.17, 15) is 4.79 Å². The molecule has 1 atom stereocenters. The first-order valence-corrected chi connectivity index (χ1v) is 10.9. The van der Waals surface area contributed by atoms with Crippen molar-refractivity contribution < 1.29 is 9.53 Å². The smallest absolute Gasteiger partial charge is 0.311 e. The molecule has 0 saturated carbocycles. The number of carbonyl (C=O) groups is 1. The summed E-state index contributed by atoms with van der Waals surface area (Å²) in [7, 11) is 0. The van der Waals surface area contributed by atoms with Gasteiger partial charge in [0.25, 0.3) is 0 Å². The summed E-state index contributed by atoms with van der Waals surface area (Å²) in [5.41, 5.74) is 3.47. The van der Waals surface area contributed by atoms with Crippen LogP contribution in [0.3, 0.4) is 0 Å². The van der Waals surface area contributed by atoms with Crippen molar-refractivity contribution in [2.75, 3.05) is 0 Å². The second kappa shape index (κ2) is 10.4. The van der Waals surface area contributed by atoms with E-state index in [0.29, 0.717) is 12.2 Å². The predicted molar refractivity (Wildman–Crippen MR) is 112 cm³/mol. The number of fused-ring (bicyclic) bond motifs is 1. The van der Waals surface area contributed by atoms with Crippen molar-refractivity contribution in [2.24, 2.45) is 5.92 Å². The van der Waals surface area contributed by atoms with Crippen molar-refractivity contribution in [2.45, 2.75) is 78.1 Å². The molecule has 0 radical (unpaired) electrons. The summed E-state index contributed by atoms with van der Waals surface area (Å²) >= 11 is 0. The number of aryl methyl sites for hydroxylation is 1. The molecule has 0 saturated heterocycles. The Hall–Kier alpha value is -2.23. The molecule has 4 nitrogen and oxygen atoms in total. The van der Waals surface area contributed by atoms with Crippen LogP contribution in [0.1, 0.15) is 76.5 Å². The van der Waals surface area contributed by atoms with Gasteiger partial charge in [0, 0.05) is 23.9 Å². The quantitative estimate of drug-likeness (QED) is 0.308. The van der Waals surface area contributed by atoms with E-state index in [0.717, 1.165) is 49.4 Å². The molecule has 0 bridgehead atoms. The highest BCUT2D eigenvalue weighted by Gasteiger charge is 2.20. The Bertz CT molecular complexity index is 771. The van der Waals surface area contributed by atoms with E-state index in [1.54, 1.807) is 0 Å². The zero-order chi connectivity index (χ0) is 19.8. The molecule has 1 aliphatic carbocycles. The van der Waals surface area contributed by atoms with Crippen LogP contribution in [0.15, 0.2) is 30.5 Å². The zero-order valence-corrected chi connectivity index (χ0v) is 17.2. The first kappa shape index (κ1) is 20.5. The van der Waals surface area contributed by atoms with Crippen molar-refractivity contribution in [3.05, 3.63) is 41.7 Å². The third-order valence-electron chi connectivity index (χ3n) is 5.55. The van der Waals surface area contributed by atoms with Crippen molar-refractivity contribution in [3.8, 4) is 17.1 Å². The van der Waals surface area contributed by atoms with E-state index in [1.165, 1.54) is 36.9 Å². The van der Waals surface area contributed by atoms with E-state index in [-0.39, 0.29) is 5.97 Å². The molecule has 150 valence electrons. The third-order valence-corrected chi connectivity index (χ3v) is 5.55. The fourth-order valence-electron chi connectivity index (χ4n) is 3.84. The highest BCUT2D eigenvalue weighted by Crippen LogP contribution is 2.29. The molecule has 4 heteroatoms. The number of hydrogen-bond acceptors (Lipinski definition) is 4. The molecule has 0 fully saturated rings. The Balaban J connectivity index is 1.61. The largest absolute Gasteiger partial charge is 0.427 e. The maximum Gasteiger partial charge on any atom is 0.311 e. The molecule has 3 rings (SSSR count). The van der Waals surface area contributed by atoms with Gasteiger partial charge in [-0.25, -0.2) is 9.97 Å². The highest BCUT2D eigenvalue weighted by atomic mass is 16.5. The minimum Gasteiger partial charge on any atom is -0.427 e. The van der Waals surface area contributed by atoms with E-state index >= 15 is 0 Å². The van der Waals surface area contributed by atoms with Gasteiger partial charge in [-0.2, -0.15) is 0 Å². The van der Waals surface area contributed by atoms with Gasteiger partial charge >= 0.3 is 5.97 Å². The molecule has 0 amide bonds. The number of esters is 1. The summed E-state index contributed by atoms with van der Waals surface area (Å²) in [6.07, 6.45) is 12.8. The fraction of sp³-hybridized carbons (Fsp3) is 0.542. The average Bonchev–Trinajstić information content (AvgIpc) is 2.72. The monoisotopic (exact) mass is 380 g/mol. The summed E-state index contributed by atoms with van der Waals surface area (Å²) in [5.74, 6) is 1.96. The Morgan fingerprint density at radius 2 is 1.89 bits per heavy atom. The summed E-state index contributed by atoms with van der Waals surface area (Å²) in [6.45, 7) is 4.38. The molecular formula is C24H32N2O2. The van der Waals surface area contributed by atoms with Gasteiger partial charge in [0.15, 0.2) is 5.82 Å². The van der Waals surface area contributed by atoms with E-state index < -0.39 is 0 Å². The molecule has 1 heterocycles. The number of unbranched alkanes of at least 4 members (excludes halogenated alkanes) is 3. The standard InChI is InChI=1S/C24H32N2O2/c1-3-5-7-9-23(27)28-21-13-11-19(12-14-21)24-25-17-20-16-18(8-6-4-2)10-15-22(20)26-24/h11-14,17-18H,3-10,15-16H2,1-2H3. The highest BCUT2D eigenvalue weighted by molar-refractivity contribution is 5.72. The third kappa shape index (κ3) is 5.63. The number of rotatable bonds is 9. The van der Waals surface area contributed by atoms with E-state index in [1.807, 2.05) is 30.5 Å². The fourth-order valence-corrected chi connectivity index (χ4v) is 3.84. The number of carbonyl (C=O) groups excluding carboxylic acids is 1. The number of benzene rings is 1. The second-order valence-electron chi connectivity index (χ2n) is 7.87. The average molecular weight is 381 g/mol. The van der Waals surface area contributed by atoms with Gasteiger partial charge in [-0.15, -0.1) is 0 Å². The maximum atomic E-state index is 11.8. The number of nitrogens with zero attached hydrogens (tertiary/aromatic N) is 2. The molecule has 0 aliphatic heterocycles. The topological polar surface area (TPSA) is 52.1 Å². The van der Waals surface area contributed by atoms with Gasteiger partial charge in [0.2, 0.25) is 0 Å². The van der Waals surface area contributed by atoms with Gasteiger partial charge in [0.1, 0.15) is 5.75 Å². The van der Waals surface area contributed by atoms with E-state index in [2.05, 4.69) is 18.8 Å². The van der Waals surface area contributed by atoms with Gasteiger partial charge < -0.3 is 4.74 Å². The van der Waals surface area contributed by atoms with Gasteiger partial charge in [-0.1, -0.05) is 46.0 Å². The lowest BCUT2D eigenvalue weighted by Gasteiger charge is -2.23. The van der Waals surface area contributed by atoms with Crippen LogP contribution >= 0.6 is 0 Å². The lowest BCUT2D eigenvalue weighted by atomic mass is 9.84. The van der Waals surface area contributed by atoms with Crippen LogP contribution in [0.5, 0.6) is 5.75 Å². The zero-order valence-electron chi connectivity index (χ0n) is 17.2. The Morgan fingerprint density at radius 3 is 2.64 bits per heavy atom. The van der Waals surface area contributed by atoms with Crippen molar-refractivity contribution >= 4 is 5.97 Å². The minimum absolute atomic E-state index is 0.163. The predicted octanol–water partition coefficient (Wildman–Crippen LogP) is 5.92. The molecule has 28 heavy (non-hydrogen) atoms. The Morgan fingerprint density at radius 1 is 1.11 bits per heavy atom. The van der Waals surface area contributed by atoms with Crippen LogP contribution < -0.4 is 4.74 Å². The molecule has 2 aromatic rings. The maximum absolute atomic E-state index is 11.8. The SMILES string of the molecule is CCCCCC(=O)Oc1ccc(-c2ncc3c(n2)CCC(CCCC)C3)cc1. The van der Waals surface area contributed by atoms with Crippen molar-refractivity contribution in [1.29, 1.82) is 0 Å². The summed E-state index contributed by atoms with van der Waals surface area (Å²) in [4.78, 5) is 21.3. The van der Waals surface area contributed by atoms with E-state index in [4.69, 9.17) is 9.72 Å². The lowest BCUT2D eigenvalue weighted by molar-refractivity contribution is -0.134. The Labute approximate surface area is 168 Å². The van der Waals surface area contributed by atoms with Crippen LogP contribution in [0.25, 0.3) is 11.4 Å². The molecule has 0 N–H and O–H groups in total.